The molecule has 18 heavy (non-hydrogen) atoms. The van der Waals surface area contributed by atoms with Crippen molar-refractivity contribution in [1.29, 1.82) is 0 Å². The van der Waals surface area contributed by atoms with Crippen molar-refractivity contribution >= 4 is 17.9 Å². The first-order valence-electron chi connectivity index (χ1n) is 5.90. The Morgan fingerprint density at radius 3 is 1.67 bits per heavy atom. The second-order valence-electron chi connectivity index (χ2n) is 4.18. The Labute approximate surface area is 112 Å². The summed E-state index contributed by atoms with van der Waals surface area (Å²) in [6.07, 6.45) is 2.76. The van der Waals surface area contributed by atoms with E-state index in [2.05, 4.69) is 6.29 Å². The molecule has 2 aromatic rings. The fourth-order valence-corrected chi connectivity index (χ4v) is 2.49. The van der Waals surface area contributed by atoms with Crippen molar-refractivity contribution in [1.82, 2.24) is 0 Å². The molecule has 1 nitrogen and oxygen atoms in total. The van der Waals surface area contributed by atoms with Gasteiger partial charge in [0.2, 0.25) is 6.29 Å². The molecular weight excluding hydrogens is 244 g/mol. The van der Waals surface area contributed by atoms with Crippen LogP contribution in [0.4, 0.5) is 0 Å². The average molecular weight is 258 g/mol. The molecule has 0 bridgehead atoms. The Hall–Kier alpha value is -1.60. The molecule has 0 amide bonds. The molecule has 0 saturated heterocycles. The largest absolute Gasteiger partial charge is 0.289 e. The summed E-state index contributed by atoms with van der Waals surface area (Å²) in [5, 5.41) is 0. The van der Waals surface area contributed by atoms with E-state index in [1.807, 2.05) is 60.7 Å². The monoisotopic (exact) mass is 257 g/mol. The van der Waals surface area contributed by atoms with Gasteiger partial charge in [-0.2, -0.15) is 0 Å². The molecule has 0 heterocycles. The quantitative estimate of drug-likeness (QED) is 0.747. The molecule has 0 spiro atoms. The SMILES string of the molecule is O=[C]C(CCCl)(c1ccccc1)c1ccccc1. The maximum Gasteiger partial charge on any atom is 0.214 e. The Kier molecular flexibility index (Phi) is 4.16. The summed E-state index contributed by atoms with van der Waals surface area (Å²) in [6, 6.07) is 19.4. The Morgan fingerprint density at radius 2 is 1.33 bits per heavy atom. The summed E-state index contributed by atoms with van der Waals surface area (Å²) in [5.41, 5.74) is 1.11. The van der Waals surface area contributed by atoms with Crippen LogP contribution in [-0.4, -0.2) is 12.2 Å². The van der Waals surface area contributed by atoms with E-state index in [9.17, 15) is 4.79 Å². The molecule has 0 fully saturated rings. The fraction of sp³-hybridized carbons (Fsp3) is 0.188. The molecule has 0 atom stereocenters. The van der Waals surface area contributed by atoms with E-state index in [4.69, 9.17) is 11.6 Å². The van der Waals surface area contributed by atoms with E-state index in [0.717, 1.165) is 11.1 Å². The number of hydrogen-bond donors (Lipinski definition) is 0. The van der Waals surface area contributed by atoms with Gasteiger partial charge in [-0.25, -0.2) is 0 Å². The van der Waals surface area contributed by atoms with Crippen molar-refractivity contribution in [2.75, 3.05) is 5.88 Å². The summed E-state index contributed by atoms with van der Waals surface area (Å²) in [4.78, 5) is 11.6. The number of alkyl halides is 1. The topological polar surface area (TPSA) is 17.1 Å². The van der Waals surface area contributed by atoms with Gasteiger partial charge in [-0.1, -0.05) is 60.7 Å². The Morgan fingerprint density at radius 1 is 0.889 bits per heavy atom. The summed E-state index contributed by atoms with van der Waals surface area (Å²) >= 11 is 5.89. The minimum absolute atomic E-state index is 0.416. The average Bonchev–Trinajstić information content (AvgIpc) is 2.47. The molecule has 0 aliphatic rings. The third-order valence-corrected chi connectivity index (χ3v) is 3.37. The van der Waals surface area contributed by atoms with Crippen LogP contribution in [0, 0.1) is 0 Å². The zero-order valence-corrected chi connectivity index (χ0v) is 10.7. The molecule has 2 aromatic carbocycles. The summed E-state index contributed by atoms with van der Waals surface area (Å²) in [5.74, 6) is 0.416. The highest BCUT2D eigenvalue weighted by molar-refractivity contribution is 6.18. The molecule has 0 aromatic heterocycles. The lowest BCUT2D eigenvalue weighted by Gasteiger charge is -2.27. The predicted octanol–water partition coefficient (Wildman–Crippen LogP) is 3.71. The minimum Gasteiger partial charge on any atom is -0.289 e. The lowest BCUT2D eigenvalue weighted by Crippen LogP contribution is -2.30. The van der Waals surface area contributed by atoms with Gasteiger partial charge in [-0.3, -0.25) is 4.79 Å². The van der Waals surface area contributed by atoms with Crippen LogP contribution in [0.15, 0.2) is 60.7 Å². The molecular formula is C16H14ClO. The van der Waals surface area contributed by atoms with Crippen molar-refractivity contribution in [2.24, 2.45) is 0 Å². The highest BCUT2D eigenvalue weighted by Crippen LogP contribution is 2.34. The molecule has 2 rings (SSSR count). The summed E-state index contributed by atoms with van der Waals surface area (Å²) in [7, 11) is 0. The first-order chi connectivity index (χ1) is 8.83. The highest BCUT2D eigenvalue weighted by atomic mass is 35.5. The van der Waals surface area contributed by atoms with Crippen LogP contribution in [0.3, 0.4) is 0 Å². The van der Waals surface area contributed by atoms with Gasteiger partial charge in [-0.15, -0.1) is 11.6 Å². The van der Waals surface area contributed by atoms with Crippen molar-refractivity contribution in [2.45, 2.75) is 11.8 Å². The van der Waals surface area contributed by atoms with E-state index in [1.165, 1.54) is 0 Å². The van der Waals surface area contributed by atoms with E-state index >= 15 is 0 Å². The van der Waals surface area contributed by atoms with Crippen molar-refractivity contribution in [3.8, 4) is 0 Å². The predicted molar refractivity (Wildman–Crippen MR) is 74.7 cm³/mol. The summed E-state index contributed by atoms with van der Waals surface area (Å²) in [6.45, 7) is 0. The maximum atomic E-state index is 11.6. The van der Waals surface area contributed by atoms with Crippen molar-refractivity contribution in [3.05, 3.63) is 71.8 Å². The lowest BCUT2D eigenvalue weighted by molar-refractivity contribution is 0.510. The number of rotatable bonds is 5. The standard InChI is InChI=1S/C16H14ClO/c17-12-11-16(13-18,14-7-3-1-4-8-14)15-9-5-2-6-10-15/h1-10H,11-12H2. The molecule has 0 aliphatic heterocycles. The van der Waals surface area contributed by atoms with Crippen LogP contribution < -0.4 is 0 Å². The van der Waals surface area contributed by atoms with Crippen LogP contribution in [0.1, 0.15) is 17.5 Å². The second-order valence-corrected chi connectivity index (χ2v) is 4.56. The van der Waals surface area contributed by atoms with Crippen LogP contribution in [0.25, 0.3) is 0 Å². The minimum atomic E-state index is -0.760. The smallest absolute Gasteiger partial charge is 0.214 e. The number of carbonyl (C=O) groups excluding carboxylic acids is 1. The molecule has 2 heteroatoms. The number of halogens is 1. The van der Waals surface area contributed by atoms with Crippen LogP contribution in [0.2, 0.25) is 0 Å². The fourth-order valence-electron chi connectivity index (χ4n) is 2.21. The van der Waals surface area contributed by atoms with Gasteiger partial charge in [0.1, 0.15) is 0 Å². The van der Waals surface area contributed by atoms with Crippen molar-refractivity contribution in [3.63, 3.8) is 0 Å². The highest BCUT2D eigenvalue weighted by Gasteiger charge is 2.34. The van der Waals surface area contributed by atoms with Gasteiger partial charge in [0.15, 0.2) is 0 Å². The molecule has 0 N–H and O–H groups in total. The van der Waals surface area contributed by atoms with Crippen LogP contribution in [-0.2, 0) is 10.2 Å². The third kappa shape index (κ3) is 2.32. The first kappa shape index (κ1) is 12.8. The van der Waals surface area contributed by atoms with Gasteiger partial charge in [0.25, 0.3) is 0 Å². The second kappa shape index (κ2) is 5.83. The number of hydrogen-bond acceptors (Lipinski definition) is 1. The van der Waals surface area contributed by atoms with Crippen LogP contribution >= 0.6 is 11.6 Å². The van der Waals surface area contributed by atoms with Gasteiger partial charge in [0.05, 0.1) is 5.41 Å². The van der Waals surface area contributed by atoms with E-state index in [1.54, 1.807) is 0 Å². The Bertz CT molecular complexity index is 454. The van der Waals surface area contributed by atoms with Crippen LogP contribution in [0.5, 0.6) is 0 Å². The van der Waals surface area contributed by atoms with E-state index in [0.29, 0.717) is 12.3 Å². The lowest BCUT2D eigenvalue weighted by atomic mass is 9.74. The molecule has 0 aliphatic carbocycles. The van der Waals surface area contributed by atoms with Gasteiger partial charge in [0, 0.05) is 5.88 Å². The van der Waals surface area contributed by atoms with Gasteiger partial charge < -0.3 is 0 Å². The van der Waals surface area contributed by atoms with Gasteiger partial charge >= 0.3 is 0 Å². The van der Waals surface area contributed by atoms with Crippen molar-refractivity contribution < 1.29 is 4.79 Å². The first-order valence-corrected chi connectivity index (χ1v) is 6.43. The van der Waals surface area contributed by atoms with E-state index in [-0.39, 0.29) is 0 Å². The normalized spacial score (nSPS) is 11.2. The van der Waals surface area contributed by atoms with E-state index < -0.39 is 5.41 Å². The maximum absolute atomic E-state index is 11.6. The molecule has 1 radical (unpaired) electrons. The summed E-state index contributed by atoms with van der Waals surface area (Å²) < 4.78 is 0. The molecule has 0 unspecified atom stereocenters. The number of benzene rings is 2. The van der Waals surface area contributed by atoms with Gasteiger partial charge in [-0.05, 0) is 17.5 Å². The molecule has 91 valence electrons. The molecule has 0 saturated carbocycles. The Balaban J connectivity index is 2.57. The zero-order chi connectivity index (χ0) is 12.8. The zero-order valence-electron chi connectivity index (χ0n) is 9.97. The third-order valence-electron chi connectivity index (χ3n) is 3.18.